The summed E-state index contributed by atoms with van der Waals surface area (Å²) in [7, 11) is 3.55. The van der Waals surface area contributed by atoms with E-state index in [2.05, 4.69) is 5.32 Å². The summed E-state index contributed by atoms with van der Waals surface area (Å²) in [4.78, 5) is 13.1. The zero-order valence-corrected chi connectivity index (χ0v) is 11.5. The van der Waals surface area contributed by atoms with Crippen LogP contribution in [0.5, 0.6) is 5.75 Å². The highest BCUT2D eigenvalue weighted by molar-refractivity contribution is 6.30. The smallest absolute Gasteiger partial charge is 0.233 e. The number of halogens is 1. The van der Waals surface area contributed by atoms with Crippen LogP contribution in [0.1, 0.15) is 6.42 Å². The third-order valence-corrected chi connectivity index (χ3v) is 2.68. The second-order valence-corrected chi connectivity index (χ2v) is 4.51. The van der Waals surface area contributed by atoms with Crippen LogP contribution in [0.4, 0.5) is 0 Å². The van der Waals surface area contributed by atoms with E-state index < -0.39 is 0 Å². The number of likely N-dealkylation sites (N-methyl/N-ethyl adjacent to an activating group) is 2. The molecule has 1 amide bonds. The van der Waals surface area contributed by atoms with Crippen molar-refractivity contribution in [2.24, 2.45) is 0 Å². The number of nitrogens with zero attached hydrogens (tertiary/aromatic N) is 1. The lowest BCUT2D eigenvalue weighted by Crippen LogP contribution is -2.33. The van der Waals surface area contributed by atoms with Gasteiger partial charge in [-0.05, 0) is 31.7 Å². The van der Waals surface area contributed by atoms with Gasteiger partial charge in [-0.25, -0.2) is 0 Å². The molecule has 0 aliphatic carbocycles. The van der Waals surface area contributed by atoms with Gasteiger partial charge in [0.2, 0.25) is 5.91 Å². The van der Waals surface area contributed by atoms with E-state index >= 15 is 0 Å². The molecule has 4 nitrogen and oxygen atoms in total. The summed E-state index contributed by atoms with van der Waals surface area (Å²) in [6, 6.07) is 7.33. The number of hydrogen-bond donors (Lipinski definition) is 1. The number of nitrogens with one attached hydrogen (secondary N) is 1. The minimum absolute atomic E-state index is 0.0215. The lowest BCUT2D eigenvalue weighted by molar-refractivity contribution is -0.121. The Hall–Kier alpha value is -1.26. The minimum atomic E-state index is 0.0215. The van der Waals surface area contributed by atoms with Gasteiger partial charge in [0, 0.05) is 18.6 Å². The summed E-state index contributed by atoms with van der Waals surface area (Å²) in [5, 5.41) is 3.26. The second kappa shape index (κ2) is 7.95. The first-order valence-corrected chi connectivity index (χ1v) is 6.27. The van der Waals surface area contributed by atoms with Crippen LogP contribution in [0.15, 0.2) is 24.3 Å². The fraction of sp³-hybridized carbons (Fsp3) is 0.462. The quantitative estimate of drug-likeness (QED) is 0.768. The van der Waals surface area contributed by atoms with Crippen molar-refractivity contribution >= 4 is 17.5 Å². The van der Waals surface area contributed by atoms with Gasteiger partial charge in [-0.2, -0.15) is 0 Å². The standard InChI is InChI=1S/C13H19ClN2O2/c1-15-13(17)10-16(2)7-4-8-18-12-6-3-5-11(14)9-12/h3,5-6,9H,4,7-8,10H2,1-2H3,(H,15,17). The summed E-state index contributed by atoms with van der Waals surface area (Å²) in [6.45, 7) is 1.83. The topological polar surface area (TPSA) is 41.6 Å². The van der Waals surface area contributed by atoms with E-state index in [1.165, 1.54) is 0 Å². The van der Waals surface area contributed by atoms with Crippen LogP contribution >= 0.6 is 11.6 Å². The number of ether oxygens (including phenoxy) is 1. The van der Waals surface area contributed by atoms with Crippen LogP contribution in [0.2, 0.25) is 5.02 Å². The molecule has 1 aromatic carbocycles. The van der Waals surface area contributed by atoms with Gasteiger partial charge in [0.05, 0.1) is 13.2 Å². The van der Waals surface area contributed by atoms with Crippen LogP contribution in [0, 0.1) is 0 Å². The predicted molar refractivity (Wildman–Crippen MR) is 73.1 cm³/mol. The van der Waals surface area contributed by atoms with E-state index in [0.717, 1.165) is 18.7 Å². The highest BCUT2D eigenvalue weighted by Gasteiger charge is 2.03. The number of benzene rings is 1. The molecule has 100 valence electrons. The molecule has 0 bridgehead atoms. The summed E-state index contributed by atoms with van der Waals surface area (Å²) in [6.07, 6.45) is 0.861. The Balaban J connectivity index is 2.17. The van der Waals surface area contributed by atoms with Gasteiger partial charge < -0.3 is 10.1 Å². The first-order valence-electron chi connectivity index (χ1n) is 5.89. The normalized spacial score (nSPS) is 10.4. The Morgan fingerprint density at radius 2 is 2.28 bits per heavy atom. The lowest BCUT2D eigenvalue weighted by Gasteiger charge is -2.15. The van der Waals surface area contributed by atoms with Crippen molar-refractivity contribution in [2.45, 2.75) is 6.42 Å². The minimum Gasteiger partial charge on any atom is -0.493 e. The Bertz CT molecular complexity index is 385. The van der Waals surface area contributed by atoms with E-state index in [1.54, 1.807) is 13.1 Å². The molecule has 0 aliphatic rings. The summed E-state index contributed by atoms with van der Waals surface area (Å²) >= 11 is 5.85. The van der Waals surface area contributed by atoms with E-state index in [9.17, 15) is 4.79 Å². The molecule has 0 aliphatic heterocycles. The molecule has 1 N–H and O–H groups in total. The largest absolute Gasteiger partial charge is 0.493 e. The fourth-order valence-electron chi connectivity index (χ4n) is 1.48. The molecule has 0 fully saturated rings. The molecule has 0 unspecified atom stereocenters. The van der Waals surface area contributed by atoms with Crippen molar-refractivity contribution < 1.29 is 9.53 Å². The van der Waals surface area contributed by atoms with Crippen LogP contribution in [0.25, 0.3) is 0 Å². The SMILES string of the molecule is CNC(=O)CN(C)CCCOc1cccc(Cl)c1. The molecule has 18 heavy (non-hydrogen) atoms. The third kappa shape index (κ3) is 5.89. The van der Waals surface area contributed by atoms with Gasteiger partial charge in [0.1, 0.15) is 5.75 Å². The average Bonchev–Trinajstić information content (AvgIpc) is 2.34. The van der Waals surface area contributed by atoms with E-state index in [1.807, 2.05) is 30.1 Å². The molecule has 5 heteroatoms. The average molecular weight is 271 g/mol. The number of rotatable bonds is 7. The van der Waals surface area contributed by atoms with Gasteiger partial charge in [0.25, 0.3) is 0 Å². The van der Waals surface area contributed by atoms with Crippen LogP contribution < -0.4 is 10.1 Å². The molecule has 0 spiro atoms. The van der Waals surface area contributed by atoms with Gasteiger partial charge in [-0.15, -0.1) is 0 Å². The summed E-state index contributed by atoms with van der Waals surface area (Å²) in [5.74, 6) is 0.796. The van der Waals surface area contributed by atoms with Crippen LogP contribution in [-0.2, 0) is 4.79 Å². The predicted octanol–water partition coefficient (Wildman–Crippen LogP) is 1.79. The number of carbonyl (C=O) groups excluding carboxylic acids is 1. The molecule has 0 heterocycles. The molecule has 0 saturated carbocycles. The zero-order valence-electron chi connectivity index (χ0n) is 10.8. The molecule has 0 atom stereocenters. The lowest BCUT2D eigenvalue weighted by atomic mass is 10.3. The molecule has 0 saturated heterocycles. The fourth-order valence-corrected chi connectivity index (χ4v) is 1.66. The van der Waals surface area contributed by atoms with Crippen molar-refractivity contribution in [3.05, 3.63) is 29.3 Å². The van der Waals surface area contributed by atoms with Gasteiger partial charge in [-0.3, -0.25) is 9.69 Å². The van der Waals surface area contributed by atoms with Crippen molar-refractivity contribution in [1.82, 2.24) is 10.2 Å². The summed E-state index contributed by atoms with van der Waals surface area (Å²) in [5.41, 5.74) is 0. The van der Waals surface area contributed by atoms with Crippen molar-refractivity contribution in [2.75, 3.05) is 33.8 Å². The number of hydrogen-bond acceptors (Lipinski definition) is 3. The first-order chi connectivity index (χ1) is 8.61. The molecule has 1 rings (SSSR count). The van der Waals surface area contributed by atoms with E-state index in [4.69, 9.17) is 16.3 Å². The van der Waals surface area contributed by atoms with Crippen LogP contribution in [-0.4, -0.2) is 44.6 Å². The Morgan fingerprint density at radius 3 is 2.94 bits per heavy atom. The Labute approximate surface area is 113 Å². The first kappa shape index (κ1) is 14.8. The third-order valence-electron chi connectivity index (χ3n) is 2.44. The highest BCUT2D eigenvalue weighted by atomic mass is 35.5. The van der Waals surface area contributed by atoms with Gasteiger partial charge >= 0.3 is 0 Å². The maximum absolute atomic E-state index is 11.1. The second-order valence-electron chi connectivity index (χ2n) is 4.07. The molecule has 0 aromatic heterocycles. The monoisotopic (exact) mass is 270 g/mol. The van der Waals surface area contributed by atoms with Crippen molar-refractivity contribution in [3.8, 4) is 5.75 Å². The maximum Gasteiger partial charge on any atom is 0.233 e. The number of amides is 1. The molecule has 1 aromatic rings. The van der Waals surface area contributed by atoms with Crippen molar-refractivity contribution in [3.63, 3.8) is 0 Å². The Morgan fingerprint density at radius 1 is 1.50 bits per heavy atom. The Kier molecular flexibility index (Phi) is 6.54. The molecule has 0 radical (unpaired) electrons. The zero-order chi connectivity index (χ0) is 13.4. The van der Waals surface area contributed by atoms with Gasteiger partial charge in [0.15, 0.2) is 0 Å². The highest BCUT2D eigenvalue weighted by Crippen LogP contribution is 2.17. The maximum atomic E-state index is 11.1. The van der Waals surface area contributed by atoms with Gasteiger partial charge in [-0.1, -0.05) is 17.7 Å². The molecular formula is C13H19ClN2O2. The van der Waals surface area contributed by atoms with Crippen molar-refractivity contribution in [1.29, 1.82) is 0 Å². The summed E-state index contributed by atoms with van der Waals surface area (Å²) < 4.78 is 5.56. The van der Waals surface area contributed by atoms with Crippen LogP contribution in [0.3, 0.4) is 0 Å². The van der Waals surface area contributed by atoms with E-state index in [-0.39, 0.29) is 5.91 Å². The number of carbonyl (C=O) groups is 1. The van der Waals surface area contributed by atoms with E-state index in [0.29, 0.717) is 18.2 Å². The molecular weight excluding hydrogens is 252 g/mol.